The van der Waals surface area contributed by atoms with Crippen molar-refractivity contribution in [1.82, 2.24) is 15.2 Å². The molecule has 0 N–H and O–H groups in total. The summed E-state index contributed by atoms with van der Waals surface area (Å²) in [5.74, 6) is 0.883. The van der Waals surface area contributed by atoms with E-state index in [1.165, 1.54) is 4.91 Å². The minimum absolute atomic E-state index is 0.253. The lowest BCUT2D eigenvalue weighted by atomic mass is 10.7. The van der Waals surface area contributed by atoms with Gasteiger partial charge in [0.15, 0.2) is 18.4 Å². The first-order chi connectivity index (χ1) is 11.1. The van der Waals surface area contributed by atoms with Gasteiger partial charge in [0.1, 0.15) is 13.5 Å². The zero-order valence-corrected chi connectivity index (χ0v) is 14.6. The number of ether oxygens (including phenoxy) is 4. The van der Waals surface area contributed by atoms with Crippen molar-refractivity contribution >= 4 is 11.9 Å². The van der Waals surface area contributed by atoms with Crippen LogP contribution in [0, 0.1) is 0 Å². The van der Waals surface area contributed by atoms with Crippen LogP contribution < -0.4 is 19.7 Å². The van der Waals surface area contributed by atoms with Crippen molar-refractivity contribution < 1.29 is 23.9 Å². The van der Waals surface area contributed by atoms with Crippen molar-refractivity contribution in [1.29, 1.82) is 0 Å². The Labute approximate surface area is 136 Å². The van der Waals surface area contributed by atoms with Crippen molar-refractivity contribution in [3.63, 3.8) is 0 Å². The summed E-state index contributed by atoms with van der Waals surface area (Å²) in [6.07, 6.45) is 0. The molecule has 1 aromatic heterocycles. The molecule has 0 saturated carbocycles. The third kappa shape index (κ3) is 5.71. The van der Waals surface area contributed by atoms with Crippen LogP contribution >= 0.6 is 0 Å². The average Bonchev–Trinajstić information content (AvgIpc) is 2.54. The molecule has 0 unspecified atom stereocenters. The molecule has 1 rings (SSSR count). The first-order valence-electron chi connectivity index (χ1n) is 6.89. The topological polar surface area (TPSA) is 89.2 Å². The predicted octanol–water partition coefficient (Wildman–Crippen LogP) is -1.61. The van der Waals surface area contributed by atoms with Gasteiger partial charge >= 0.3 is 11.9 Å². The summed E-state index contributed by atoms with van der Waals surface area (Å²) in [6.45, 7) is 1.19. The molecule has 23 heavy (non-hydrogen) atoms. The van der Waals surface area contributed by atoms with Crippen molar-refractivity contribution in [2.45, 2.75) is 0 Å². The second-order valence-electron chi connectivity index (χ2n) is 4.75. The number of hydrogen-bond donors (Lipinski definition) is 0. The van der Waals surface area contributed by atoms with Crippen LogP contribution in [0.4, 0.5) is 11.9 Å². The van der Waals surface area contributed by atoms with Gasteiger partial charge in [-0.15, -0.1) is 0 Å². The van der Waals surface area contributed by atoms with E-state index in [0.29, 0.717) is 25.4 Å². The highest BCUT2D eigenvalue weighted by Crippen LogP contribution is 2.07. The van der Waals surface area contributed by atoms with E-state index in [-0.39, 0.29) is 13.5 Å². The van der Waals surface area contributed by atoms with Gasteiger partial charge < -0.3 is 28.7 Å². The van der Waals surface area contributed by atoms with Gasteiger partial charge in [-0.2, -0.15) is 4.98 Å². The average molecular weight is 332 g/mol. The van der Waals surface area contributed by atoms with Crippen LogP contribution in [0.25, 0.3) is 0 Å². The highest BCUT2D eigenvalue weighted by molar-refractivity contribution is 5.33. The summed E-state index contributed by atoms with van der Waals surface area (Å²) >= 11 is 0. The van der Waals surface area contributed by atoms with Gasteiger partial charge in [0.05, 0.1) is 10.2 Å². The number of anilines is 2. The molecule has 0 aromatic carbocycles. The van der Waals surface area contributed by atoms with E-state index in [0.717, 1.165) is 0 Å². The molecule has 1 heterocycles. The summed E-state index contributed by atoms with van der Waals surface area (Å²) < 4.78 is 20.5. The maximum atomic E-state index is 5.15. The van der Waals surface area contributed by atoms with E-state index in [1.807, 2.05) is 14.1 Å². The molecule has 0 fully saturated rings. The molecule has 0 aliphatic heterocycles. The fourth-order valence-electron chi connectivity index (χ4n) is 1.71. The molecule has 11 nitrogen and oxygen atoms in total. The van der Waals surface area contributed by atoms with E-state index in [4.69, 9.17) is 18.9 Å². The van der Waals surface area contributed by atoms with Crippen molar-refractivity contribution in [3.05, 3.63) is 0 Å². The highest BCUT2D eigenvalue weighted by atomic mass is 16.5. The monoisotopic (exact) mass is 332 g/mol. The minimum Gasteiger partial charge on any atom is -0.364 e. The van der Waals surface area contributed by atoms with Gasteiger partial charge in [0, 0.05) is 42.5 Å². The summed E-state index contributed by atoms with van der Waals surface area (Å²) in [6, 6.07) is 0. The van der Waals surface area contributed by atoms with Gasteiger partial charge in [-0.3, -0.25) is 0 Å². The quantitative estimate of drug-likeness (QED) is 0.348. The molecule has 0 spiro atoms. The zero-order valence-electron chi connectivity index (χ0n) is 14.6. The first-order valence-corrected chi connectivity index (χ1v) is 6.89. The first kappa shape index (κ1) is 19.2. The summed E-state index contributed by atoms with van der Waals surface area (Å²) in [5, 5.41) is 10.4. The smallest absolute Gasteiger partial charge is 0.302 e. The summed E-state index contributed by atoms with van der Waals surface area (Å²) in [7, 11) is 10.0. The van der Waals surface area contributed by atoms with E-state index >= 15 is 0 Å². The number of aromatic nitrogens is 4. The Hall–Kier alpha value is -1.82. The Morgan fingerprint density at radius 3 is 1.48 bits per heavy atom. The molecule has 1 aromatic rings. The fourth-order valence-corrected chi connectivity index (χ4v) is 1.71. The van der Waals surface area contributed by atoms with Crippen LogP contribution in [0.3, 0.4) is 0 Å². The van der Waals surface area contributed by atoms with Crippen molar-refractivity contribution in [3.8, 4) is 0 Å². The predicted molar refractivity (Wildman–Crippen MR) is 82.5 cm³/mol. The van der Waals surface area contributed by atoms with Gasteiger partial charge in [-0.25, -0.2) is 0 Å². The molecule has 0 saturated heterocycles. The molecule has 0 atom stereocenters. The molecule has 0 aliphatic carbocycles. The van der Waals surface area contributed by atoms with E-state index in [2.05, 4.69) is 15.2 Å². The normalized spacial score (nSPS) is 10.7. The van der Waals surface area contributed by atoms with Crippen LogP contribution in [-0.2, 0) is 18.9 Å². The molecule has 132 valence electrons. The maximum Gasteiger partial charge on any atom is 0.302 e. The van der Waals surface area contributed by atoms with Gasteiger partial charge in [-0.05, 0) is 0 Å². The van der Waals surface area contributed by atoms with E-state index in [9.17, 15) is 0 Å². The Bertz CT molecular complexity index is 429. The lowest BCUT2D eigenvalue weighted by Gasteiger charge is -2.19. The third-order valence-electron chi connectivity index (χ3n) is 2.70. The van der Waals surface area contributed by atoms with Crippen LogP contribution in [0.1, 0.15) is 0 Å². The standard InChI is InChI=1S/C12H26N7O4/c1-16(7-20-3)11-13-12(17(2)8-21-4)15-19(14-11)18(9-22-5)10-23-6/h7-10H2,1-6H3/q+1. The number of methoxy groups -OCH3 is 4. The number of nitrogens with zero attached hydrogens (tertiary/aromatic N) is 7. The second kappa shape index (κ2) is 10.0. The van der Waals surface area contributed by atoms with Crippen molar-refractivity contribution in [2.75, 3.05) is 84.3 Å². The number of rotatable bonds is 11. The van der Waals surface area contributed by atoms with Crippen LogP contribution in [0.15, 0.2) is 0 Å². The Balaban J connectivity index is 3.20. The second-order valence-corrected chi connectivity index (χ2v) is 4.75. The minimum atomic E-state index is 0.253. The van der Waals surface area contributed by atoms with E-state index in [1.54, 1.807) is 43.2 Å². The fraction of sp³-hybridized carbons (Fsp3) is 0.833. The van der Waals surface area contributed by atoms with Gasteiger partial charge in [0.2, 0.25) is 0 Å². The lowest BCUT2D eigenvalue weighted by Crippen LogP contribution is -2.64. The van der Waals surface area contributed by atoms with Crippen LogP contribution in [0.5, 0.6) is 0 Å². The largest absolute Gasteiger partial charge is 0.364 e. The lowest BCUT2D eigenvalue weighted by molar-refractivity contribution is -0.807. The molecule has 0 amide bonds. The Morgan fingerprint density at radius 2 is 1.13 bits per heavy atom. The SMILES string of the molecule is COCN(C)c1nc(N(C)COC)n[n+](N(COC)COC)n1. The summed E-state index contributed by atoms with van der Waals surface area (Å²) in [5.41, 5.74) is 0. The van der Waals surface area contributed by atoms with Crippen molar-refractivity contribution in [2.24, 2.45) is 0 Å². The molecule has 0 radical (unpaired) electrons. The highest BCUT2D eigenvalue weighted by Gasteiger charge is 2.25. The third-order valence-corrected chi connectivity index (χ3v) is 2.70. The Kier molecular flexibility index (Phi) is 8.40. The van der Waals surface area contributed by atoms with E-state index < -0.39 is 0 Å². The Morgan fingerprint density at radius 1 is 0.739 bits per heavy atom. The molecule has 0 bridgehead atoms. The summed E-state index contributed by atoms with van der Waals surface area (Å²) in [4.78, 5) is 9.31. The van der Waals surface area contributed by atoms with Crippen LogP contribution in [-0.4, -0.2) is 84.6 Å². The van der Waals surface area contributed by atoms with Crippen LogP contribution in [0.2, 0.25) is 0 Å². The molecular weight excluding hydrogens is 306 g/mol. The molecule has 0 aliphatic rings. The molecule has 11 heteroatoms. The zero-order chi connectivity index (χ0) is 17.2. The van der Waals surface area contributed by atoms with Gasteiger partial charge in [-0.1, -0.05) is 5.01 Å². The number of hydrogen-bond acceptors (Lipinski definition) is 10. The maximum absolute atomic E-state index is 5.15. The molecular formula is C12H26N7O4+. The van der Waals surface area contributed by atoms with Gasteiger partial charge in [0.25, 0.3) is 0 Å².